The Labute approximate surface area is 97.1 Å². The molecule has 1 N–H and O–H groups in total. The molecule has 0 saturated carbocycles. The molecule has 0 aliphatic heterocycles. The van der Waals surface area contributed by atoms with Gasteiger partial charge in [-0.2, -0.15) is 0 Å². The second-order valence-electron chi connectivity index (χ2n) is 3.66. The van der Waals surface area contributed by atoms with Gasteiger partial charge in [-0.05, 0) is 12.8 Å². The zero-order valence-corrected chi connectivity index (χ0v) is 10.1. The lowest BCUT2D eigenvalue weighted by molar-refractivity contribution is -0.141. The van der Waals surface area contributed by atoms with Crippen molar-refractivity contribution in [2.24, 2.45) is 5.92 Å². The minimum Gasteiger partial charge on any atom is -0.468 e. The second kappa shape index (κ2) is 8.95. The average Bonchev–Trinajstić information content (AvgIpc) is 2.30. The molecular formula is C12H21NO3. The highest BCUT2D eigenvalue weighted by molar-refractivity contribution is 5.83. The lowest BCUT2D eigenvalue weighted by Gasteiger charge is -2.14. The molecular weight excluding hydrogens is 206 g/mol. The van der Waals surface area contributed by atoms with E-state index in [0.29, 0.717) is 6.42 Å². The van der Waals surface area contributed by atoms with E-state index < -0.39 is 5.97 Å². The summed E-state index contributed by atoms with van der Waals surface area (Å²) in [5.41, 5.74) is 0. The molecule has 0 bridgehead atoms. The Morgan fingerprint density at radius 2 is 2.19 bits per heavy atom. The van der Waals surface area contributed by atoms with Crippen molar-refractivity contribution in [1.82, 2.24) is 5.32 Å². The van der Waals surface area contributed by atoms with Crippen LogP contribution in [0.4, 0.5) is 0 Å². The van der Waals surface area contributed by atoms with E-state index in [4.69, 9.17) is 0 Å². The number of methoxy groups -OCH3 is 1. The number of carbonyl (C=O) groups excluding carboxylic acids is 2. The van der Waals surface area contributed by atoms with Crippen LogP contribution in [0.15, 0.2) is 12.7 Å². The number of amides is 1. The number of hydrogen-bond acceptors (Lipinski definition) is 3. The van der Waals surface area contributed by atoms with Gasteiger partial charge < -0.3 is 10.1 Å². The number of esters is 1. The van der Waals surface area contributed by atoms with Crippen LogP contribution in [0.2, 0.25) is 0 Å². The van der Waals surface area contributed by atoms with E-state index in [1.54, 1.807) is 6.08 Å². The third-order valence-corrected chi connectivity index (χ3v) is 2.36. The van der Waals surface area contributed by atoms with E-state index in [1.807, 2.05) is 0 Å². The van der Waals surface area contributed by atoms with Crippen molar-refractivity contribution in [2.75, 3.05) is 13.7 Å². The monoisotopic (exact) mass is 227 g/mol. The van der Waals surface area contributed by atoms with E-state index in [1.165, 1.54) is 7.11 Å². The molecule has 0 spiro atoms. The summed E-state index contributed by atoms with van der Waals surface area (Å²) in [5.74, 6) is -0.609. The predicted molar refractivity (Wildman–Crippen MR) is 62.9 cm³/mol. The molecule has 0 aromatic rings. The number of allylic oxidation sites excluding steroid dienone is 1. The van der Waals surface area contributed by atoms with E-state index in [2.05, 4.69) is 23.6 Å². The van der Waals surface area contributed by atoms with Gasteiger partial charge in [-0.15, -0.1) is 6.58 Å². The van der Waals surface area contributed by atoms with Crippen LogP contribution in [0.5, 0.6) is 0 Å². The summed E-state index contributed by atoms with van der Waals surface area (Å²) in [7, 11) is 1.30. The molecule has 16 heavy (non-hydrogen) atoms. The number of carbonyl (C=O) groups is 2. The first-order chi connectivity index (χ1) is 7.65. The van der Waals surface area contributed by atoms with Gasteiger partial charge in [-0.1, -0.05) is 25.8 Å². The quantitative estimate of drug-likeness (QED) is 0.507. The summed E-state index contributed by atoms with van der Waals surface area (Å²) in [4.78, 5) is 22.5. The van der Waals surface area contributed by atoms with Gasteiger partial charge >= 0.3 is 5.97 Å². The van der Waals surface area contributed by atoms with Gasteiger partial charge in [-0.25, -0.2) is 0 Å². The summed E-state index contributed by atoms with van der Waals surface area (Å²) in [6.07, 6.45) is 5.27. The molecule has 0 radical (unpaired) electrons. The SMILES string of the molecule is C=CC[C@H](CCCC)C(=O)NCC(=O)OC. The first-order valence-corrected chi connectivity index (χ1v) is 5.61. The summed E-state index contributed by atoms with van der Waals surface area (Å²) in [6, 6.07) is 0. The summed E-state index contributed by atoms with van der Waals surface area (Å²) in [6.45, 7) is 5.65. The van der Waals surface area contributed by atoms with Gasteiger partial charge in [0.15, 0.2) is 0 Å². The maximum absolute atomic E-state index is 11.7. The summed E-state index contributed by atoms with van der Waals surface area (Å²) in [5, 5.41) is 2.57. The van der Waals surface area contributed by atoms with E-state index in [-0.39, 0.29) is 18.4 Å². The minimum absolute atomic E-state index is 0.0604. The fourth-order valence-corrected chi connectivity index (χ4v) is 1.38. The molecule has 4 nitrogen and oxygen atoms in total. The number of ether oxygens (including phenoxy) is 1. The highest BCUT2D eigenvalue weighted by atomic mass is 16.5. The predicted octanol–water partition coefficient (Wildman–Crippen LogP) is 1.66. The van der Waals surface area contributed by atoms with Crippen molar-refractivity contribution in [3.05, 3.63) is 12.7 Å². The Hall–Kier alpha value is -1.32. The molecule has 4 heteroatoms. The lowest BCUT2D eigenvalue weighted by Crippen LogP contribution is -2.35. The summed E-state index contributed by atoms with van der Waals surface area (Å²) >= 11 is 0. The fraction of sp³-hybridized carbons (Fsp3) is 0.667. The third-order valence-electron chi connectivity index (χ3n) is 2.36. The molecule has 0 heterocycles. The number of unbranched alkanes of at least 4 members (excludes halogenated alkanes) is 1. The topological polar surface area (TPSA) is 55.4 Å². The number of nitrogens with one attached hydrogen (secondary N) is 1. The maximum atomic E-state index is 11.7. The average molecular weight is 227 g/mol. The molecule has 1 atom stereocenters. The molecule has 0 aliphatic carbocycles. The normalized spacial score (nSPS) is 11.6. The molecule has 92 valence electrons. The van der Waals surface area contributed by atoms with Gasteiger partial charge in [0, 0.05) is 5.92 Å². The molecule has 0 aliphatic rings. The molecule has 1 amide bonds. The van der Waals surface area contributed by atoms with Gasteiger partial charge in [-0.3, -0.25) is 9.59 Å². The molecule has 0 rings (SSSR count). The Balaban J connectivity index is 4.05. The Morgan fingerprint density at radius 3 is 2.69 bits per heavy atom. The molecule has 0 unspecified atom stereocenters. The van der Waals surface area contributed by atoms with Gasteiger partial charge in [0.25, 0.3) is 0 Å². The third kappa shape index (κ3) is 6.22. The van der Waals surface area contributed by atoms with Crippen LogP contribution >= 0.6 is 0 Å². The van der Waals surface area contributed by atoms with Gasteiger partial charge in [0.05, 0.1) is 7.11 Å². The highest BCUT2D eigenvalue weighted by Gasteiger charge is 2.16. The van der Waals surface area contributed by atoms with Crippen molar-refractivity contribution < 1.29 is 14.3 Å². The second-order valence-corrected chi connectivity index (χ2v) is 3.66. The van der Waals surface area contributed by atoms with E-state index >= 15 is 0 Å². The van der Waals surface area contributed by atoms with Crippen LogP contribution in [0.1, 0.15) is 32.6 Å². The standard InChI is InChI=1S/C12H21NO3/c1-4-6-8-10(7-5-2)12(15)13-9-11(14)16-3/h5,10H,2,4,6-9H2,1,3H3,(H,13,15)/t10-/m1/s1. The fourth-order valence-electron chi connectivity index (χ4n) is 1.38. The van der Waals surface area contributed by atoms with Crippen molar-refractivity contribution in [3.63, 3.8) is 0 Å². The zero-order valence-electron chi connectivity index (χ0n) is 10.1. The van der Waals surface area contributed by atoms with Crippen molar-refractivity contribution in [3.8, 4) is 0 Å². The lowest BCUT2D eigenvalue weighted by atomic mass is 9.97. The first-order valence-electron chi connectivity index (χ1n) is 5.61. The Kier molecular flexibility index (Phi) is 8.21. The minimum atomic E-state index is -0.429. The molecule has 0 saturated heterocycles. The van der Waals surface area contributed by atoms with Crippen LogP contribution in [0.25, 0.3) is 0 Å². The van der Waals surface area contributed by atoms with Gasteiger partial charge in [0.2, 0.25) is 5.91 Å². The molecule has 0 aromatic carbocycles. The zero-order chi connectivity index (χ0) is 12.4. The van der Waals surface area contributed by atoms with Crippen LogP contribution in [0, 0.1) is 5.92 Å². The highest BCUT2D eigenvalue weighted by Crippen LogP contribution is 2.13. The number of hydrogen-bond donors (Lipinski definition) is 1. The smallest absolute Gasteiger partial charge is 0.325 e. The maximum Gasteiger partial charge on any atom is 0.325 e. The Morgan fingerprint density at radius 1 is 1.50 bits per heavy atom. The van der Waals surface area contributed by atoms with Gasteiger partial charge in [0.1, 0.15) is 6.54 Å². The van der Waals surface area contributed by atoms with E-state index in [9.17, 15) is 9.59 Å². The van der Waals surface area contributed by atoms with Crippen molar-refractivity contribution in [2.45, 2.75) is 32.6 Å². The first kappa shape index (κ1) is 14.7. The Bertz CT molecular complexity index is 238. The largest absolute Gasteiger partial charge is 0.468 e. The van der Waals surface area contributed by atoms with Crippen LogP contribution in [0.3, 0.4) is 0 Å². The van der Waals surface area contributed by atoms with Crippen LogP contribution < -0.4 is 5.32 Å². The molecule has 0 fully saturated rings. The van der Waals surface area contributed by atoms with E-state index in [0.717, 1.165) is 19.3 Å². The molecule has 0 aromatic heterocycles. The van der Waals surface area contributed by atoms with Crippen LogP contribution in [-0.2, 0) is 14.3 Å². The van der Waals surface area contributed by atoms with Crippen LogP contribution in [-0.4, -0.2) is 25.5 Å². The summed E-state index contributed by atoms with van der Waals surface area (Å²) < 4.78 is 4.45. The number of rotatable bonds is 8. The van der Waals surface area contributed by atoms with Crippen molar-refractivity contribution >= 4 is 11.9 Å². The van der Waals surface area contributed by atoms with Crippen molar-refractivity contribution in [1.29, 1.82) is 0 Å².